The summed E-state index contributed by atoms with van der Waals surface area (Å²) in [5.74, 6) is 0. The molecule has 9 aromatic carbocycles. The molecule has 0 N–H and O–H groups in total. The Morgan fingerprint density at radius 2 is 0.796 bits per heavy atom. The Balaban J connectivity index is 1.28. The Hall–Kier alpha value is -6.44. The van der Waals surface area contributed by atoms with Crippen LogP contribution in [0.3, 0.4) is 0 Å². The van der Waals surface area contributed by atoms with Gasteiger partial charge in [-0.3, -0.25) is 0 Å². The van der Waals surface area contributed by atoms with Gasteiger partial charge in [-0.15, -0.1) is 0 Å². The fourth-order valence-electron chi connectivity index (χ4n) is 7.77. The second-order valence-corrected chi connectivity index (χ2v) is 12.8. The van der Waals surface area contributed by atoms with Crippen molar-refractivity contribution in [3.05, 3.63) is 182 Å². The zero-order valence-corrected chi connectivity index (χ0v) is 26.7. The van der Waals surface area contributed by atoms with Crippen LogP contribution in [0.2, 0.25) is 0 Å². The van der Waals surface area contributed by atoms with Crippen LogP contribution in [-0.2, 0) is 0 Å². The monoisotopic (exact) mass is 622 g/mol. The molecule has 1 heterocycles. The predicted molar refractivity (Wildman–Crippen MR) is 208 cm³/mol. The molecule has 0 saturated carbocycles. The highest BCUT2D eigenvalue weighted by atomic mass is 16.3. The molecule has 0 atom stereocenters. The molecule has 0 radical (unpaired) electrons. The van der Waals surface area contributed by atoms with Crippen LogP contribution >= 0.6 is 0 Å². The van der Waals surface area contributed by atoms with Gasteiger partial charge in [0.15, 0.2) is 0 Å². The average molecular weight is 623 g/mol. The minimum atomic E-state index is 0.911. The van der Waals surface area contributed by atoms with Crippen molar-refractivity contribution in [1.82, 2.24) is 0 Å². The number of hydrogen-bond acceptors (Lipinski definition) is 1. The van der Waals surface area contributed by atoms with Gasteiger partial charge in [-0.25, -0.2) is 0 Å². The summed E-state index contributed by atoms with van der Waals surface area (Å²) in [6.07, 6.45) is 0. The molecule has 0 amide bonds. The summed E-state index contributed by atoms with van der Waals surface area (Å²) in [6, 6.07) is 65.9. The van der Waals surface area contributed by atoms with Gasteiger partial charge in [0.2, 0.25) is 0 Å². The summed E-state index contributed by atoms with van der Waals surface area (Å²) in [5.41, 5.74) is 11.6. The van der Waals surface area contributed by atoms with E-state index in [2.05, 4.69) is 170 Å². The molecule has 1 aromatic heterocycles. The van der Waals surface area contributed by atoms with Gasteiger partial charge >= 0.3 is 0 Å². The van der Waals surface area contributed by atoms with Gasteiger partial charge in [0, 0.05) is 10.8 Å². The number of furan rings is 1. The van der Waals surface area contributed by atoms with E-state index in [1.807, 2.05) is 12.1 Å². The molecule has 228 valence electrons. The Morgan fingerprint density at radius 1 is 0.265 bits per heavy atom. The quantitative estimate of drug-likeness (QED) is 0.178. The van der Waals surface area contributed by atoms with Crippen LogP contribution in [0, 0.1) is 0 Å². The van der Waals surface area contributed by atoms with E-state index in [1.54, 1.807) is 0 Å². The van der Waals surface area contributed by atoms with E-state index in [-0.39, 0.29) is 0 Å². The molecule has 0 fully saturated rings. The Morgan fingerprint density at radius 3 is 1.61 bits per heavy atom. The van der Waals surface area contributed by atoms with Crippen molar-refractivity contribution in [2.75, 3.05) is 0 Å². The zero-order chi connectivity index (χ0) is 32.3. The zero-order valence-electron chi connectivity index (χ0n) is 26.7. The van der Waals surface area contributed by atoms with Gasteiger partial charge in [0.1, 0.15) is 11.2 Å². The Bertz CT molecular complexity index is 2850. The van der Waals surface area contributed by atoms with Crippen LogP contribution in [0.15, 0.2) is 186 Å². The van der Waals surface area contributed by atoms with E-state index in [0.29, 0.717) is 0 Å². The van der Waals surface area contributed by atoms with E-state index in [1.165, 1.54) is 76.8 Å². The molecule has 0 bridgehead atoms. The van der Waals surface area contributed by atoms with Crippen LogP contribution in [0.5, 0.6) is 0 Å². The fraction of sp³-hybridized carbons (Fsp3) is 0. The minimum Gasteiger partial charge on any atom is -0.456 e. The van der Waals surface area contributed by atoms with Crippen LogP contribution in [0.4, 0.5) is 0 Å². The van der Waals surface area contributed by atoms with E-state index < -0.39 is 0 Å². The lowest BCUT2D eigenvalue weighted by Gasteiger charge is -2.20. The van der Waals surface area contributed by atoms with Gasteiger partial charge in [0.25, 0.3) is 0 Å². The van der Waals surface area contributed by atoms with Crippen LogP contribution in [0.1, 0.15) is 0 Å². The van der Waals surface area contributed by atoms with Crippen molar-refractivity contribution in [1.29, 1.82) is 0 Å². The van der Waals surface area contributed by atoms with Crippen molar-refractivity contribution in [3.63, 3.8) is 0 Å². The number of rotatable bonds is 4. The molecule has 10 rings (SSSR count). The molecule has 10 aromatic rings. The molecular formula is C48H30O. The molecule has 0 saturated heterocycles. The minimum absolute atomic E-state index is 0.911. The van der Waals surface area contributed by atoms with Gasteiger partial charge in [-0.05, 0) is 101 Å². The third-order valence-corrected chi connectivity index (χ3v) is 10.1. The molecule has 0 aliphatic rings. The largest absolute Gasteiger partial charge is 0.456 e. The first kappa shape index (κ1) is 27.7. The first-order valence-electron chi connectivity index (χ1n) is 16.8. The number of benzene rings is 9. The van der Waals surface area contributed by atoms with Gasteiger partial charge < -0.3 is 4.42 Å². The third-order valence-electron chi connectivity index (χ3n) is 10.1. The summed E-state index contributed by atoms with van der Waals surface area (Å²) >= 11 is 0. The summed E-state index contributed by atoms with van der Waals surface area (Å²) in [7, 11) is 0. The number of para-hydroxylation sites is 1. The number of hydrogen-bond donors (Lipinski definition) is 0. The molecule has 0 aliphatic carbocycles. The fourth-order valence-corrected chi connectivity index (χ4v) is 7.77. The second-order valence-electron chi connectivity index (χ2n) is 12.8. The SMILES string of the molecule is c1ccc(-c2ccc(-c3c4ccccc4c(-c4cccc5ccccc45)c4ccc(-c5ccc6oc7ccccc7c6c5)cc34)cc2)cc1. The maximum Gasteiger partial charge on any atom is 0.135 e. The average Bonchev–Trinajstić information content (AvgIpc) is 3.55. The van der Waals surface area contributed by atoms with Crippen LogP contribution in [0.25, 0.3) is 98.8 Å². The van der Waals surface area contributed by atoms with E-state index >= 15 is 0 Å². The standard InChI is InChI=1S/C48H30O/c1-2-11-31(12-3-1)32-21-23-34(24-22-32)47-40-17-6-7-18-41(40)48(39-19-10-14-33-13-4-5-15-37(33)39)42-27-25-35(30-44(42)47)36-26-28-46-43(29-36)38-16-8-9-20-45(38)49-46/h1-30H. The van der Waals surface area contributed by atoms with Crippen molar-refractivity contribution < 1.29 is 4.42 Å². The normalized spacial score (nSPS) is 11.7. The lowest BCUT2D eigenvalue weighted by molar-refractivity contribution is 0.669. The lowest BCUT2D eigenvalue weighted by Crippen LogP contribution is -1.92. The maximum atomic E-state index is 6.18. The molecule has 0 unspecified atom stereocenters. The summed E-state index contributed by atoms with van der Waals surface area (Å²) in [6.45, 7) is 0. The number of fused-ring (bicyclic) bond motifs is 6. The summed E-state index contributed by atoms with van der Waals surface area (Å²) < 4.78 is 6.18. The smallest absolute Gasteiger partial charge is 0.135 e. The molecule has 0 spiro atoms. The van der Waals surface area contributed by atoms with Gasteiger partial charge in [-0.1, -0.05) is 158 Å². The second kappa shape index (κ2) is 11.1. The summed E-state index contributed by atoms with van der Waals surface area (Å²) in [5, 5.41) is 9.78. The van der Waals surface area contributed by atoms with Crippen molar-refractivity contribution in [2.45, 2.75) is 0 Å². The Labute approximate surface area is 284 Å². The highest BCUT2D eigenvalue weighted by Gasteiger charge is 2.19. The molecule has 1 nitrogen and oxygen atoms in total. The van der Waals surface area contributed by atoms with Crippen molar-refractivity contribution in [3.8, 4) is 44.5 Å². The van der Waals surface area contributed by atoms with Crippen molar-refractivity contribution >= 4 is 54.3 Å². The first-order valence-corrected chi connectivity index (χ1v) is 16.8. The van der Waals surface area contributed by atoms with E-state index in [9.17, 15) is 0 Å². The highest BCUT2D eigenvalue weighted by Crippen LogP contribution is 2.46. The topological polar surface area (TPSA) is 13.1 Å². The molecular weight excluding hydrogens is 593 g/mol. The third kappa shape index (κ3) is 4.47. The van der Waals surface area contributed by atoms with Gasteiger partial charge in [0.05, 0.1) is 0 Å². The molecule has 1 heteroatoms. The van der Waals surface area contributed by atoms with Crippen LogP contribution < -0.4 is 0 Å². The molecule has 49 heavy (non-hydrogen) atoms. The van der Waals surface area contributed by atoms with E-state index in [0.717, 1.165) is 21.9 Å². The first-order chi connectivity index (χ1) is 24.3. The molecule has 0 aliphatic heterocycles. The van der Waals surface area contributed by atoms with Crippen molar-refractivity contribution in [2.24, 2.45) is 0 Å². The maximum absolute atomic E-state index is 6.18. The Kier molecular flexibility index (Phi) is 6.25. The highest BCUT2D eigenvalue weighted by molar-refractivity contribution is 6.24. The van der Waals surface area contributed by atoms with Crippen LogP contribution in [-0.4, -0.2) is 0 Å². The summed E-state index contributed by atoms with van der Waals surface area (Å²) in [4.78, 5) is 0. The predicted octanol–water partition coefficient (Wildman–Crippen LogP) is 13.7. The van der Waals surface area contributed by atoms with Gasteiger partial charge in [-0.2, -0.15) is 0 Å². The van der Waals surface area contributed by atoms with E-state index in [4.69, 9.17) is 4.42 Å². The lowest BCUT2D eigenvalue weighted by atomic mass is 9.83.